The Morgan fingerprint density at radius 3 is 2.17 bits per heavy atom. The molecule has 0 spiro atoms. The van der Waals surface area contributed by atoms with Gasteiger partial charge < -0.3 is 5.32 Å². The summed E-state index contributed by atoms with van der Waals surface area (Å²) in [6.07, 6.45) is 5.47. The molecule has 0 heterocycles. The summed E-state index contributed by atoms with van der Waals surface area (Å²) in [5, 5.41) is 2.46. The van der Waals surface area contributed by atoms with Crippen LogP contribution in [0.3, 0.4) is 0 Å². The monoisotopic (exact) mass is 246 g/mol. The molecule has 1 aliphatic rings. The Kier molecular flexibility index (Phi) is 4.11. The molecule has 0 amide bonds. The van der Waals surface area contributed by atoms with Crippen LogP contribution in [0.2, 0.25) is 0 Å². The van der Waals surface area contributed by atoms with Crippen molar-refractivity contribution < 1.29 is 5.32 Å². The van der Waals surface area contributed by atoms with Crippen molar-refractivity contribution in [1.82, 2.24) is 0 Å². The van der Waals surface area contributed by atoms with E-state index in [0.29, 0.717) is 5.41 Å². The number of hydrogen-bond donors (Lipinski definition) is 1. The fourth-order valence-electron chi connectivity index (χ4n) is 3.51. The number of hydrogen-bond acceptors (Lipinski definition) is 0. The first-order chi connectivity index (χ1) is 8.58. The first-order valence-corrected chi connectivity index (χ1v) is 7.45. The second-order valence-corrected chi connectivity index (χ2v) is 6.45. The van der Waals surface area contributed by atoms with Crippen LogP contribution in [0, 0.1) is 12.8 Å². The third-order valence-corrected chi connectivity index (χ3v) is 4.71. The number of rotatable bonds is 5. The standard InChI is InChI=1S/C17H27N/c1-13(2)12-16(18-4)17(10-5-11-17)15-8-6-14(3)7-9-15/h6-9,13,16,18H,5,10-12H2,1-4H3/p+1. The molecule has 2 rings (SSSR count). The summed E-state index contributed by atoms with van der Waals surface area (Å²) in [4.78, 5) is 0. The molecule has 0 aliphatic heterocycles. The van der Waals surface area contributed by atoms with Gasteiger partial charge in [-0.1, -0.05) is 50.1 Å². The fourth-order valence-corrected chi connectivity index (χ4v) is 3.51. The molecule has 2 N–H and O–H groups in total. The van der Waals surface area contributed by atoms with E-state index in [1.807, 2.05) is 0 Å². The van der Waals surface area contributed by atoms with Gasteiger partial charge in [0.05, 0.1) is 13.1 Å². The van der Waals surface area contributed by atoms with E-state index in [1.54, 1.807) is 5.56 Å². The minimum Gasteiger partial charge on any atom is -0.346 e. The highest BCUT2D eigenvalue weighted by atomic mass is 14.9. The lowest BCUT2D eigenvalue weighted by molar-refractivity contribution is -0.676. The maximum absolute atomic E-state index is 2.46. The molecule has 1 fully saturated rings. The van der Waals surface area contributed by atoms with Gasteiger partial charge in [-0.3, -0.25) is 0 Å². The van der Waals surface area contributed by atoms with Crippen LogP contribution < -0.4 is 5.32 Å². The third-order valence-electron chi connectivity index (χ3n) is 4.71. The first-order valence-electron chi connectivity index (χ1n) is 7.45. The second-order valence-electron chi connectivity index (χ2n) is 6.45. The maximum atomic E-state index is 2.46. The topological polar surface area (TPSA) is 16.6 Å². The molecule has 1 nitrogen and oxygen atoms in total. The van der Waals surface area contributed by atoms with E-state index in [9.17, 15) is 0 Å². The molecule has 0 radical (unpaired) electrons. The molecule has 1 unspecified atom stereocenters. The Morgan fingerprint density at radius 1 is 1.17 bits per heavy atom. The van der Waals surface area contributed by atoms with Gasteiger partial charge in [-0.25, -0.2) is 0 Å². The van der Waals surface area contributed by atoms with Gasteiger partial charge in [0, 0.05) is 11.8 Å². The normalized spacial score (nSPS) is 19.6. The molecule has 1 aromatic rings. The zero-order chi connectivity index (χ0) is 13.2. The molecule has 100 valence electrons. The summed E-state index contributed by atoms with van der Waals surface area (Å²) in [7, 11) is 2.25. The summed E-state index contributed by atoms with van der Waals surface area (Å²) in [5.41, 5.74) is 3.39. The lowest BCUT2D eigenvalue weighted by Crippen LogP contribution is -2.91. The number of quaternary nitrogens is 1. The zero-order valence-corrected chi connectivity index (χ0v) is 12.4. The van der Waals surface area contributed by atoms with Crippen molar-refractivity contribution in [3.63, 3.8) is 0 Å². The van der Waals surface area contributed by atoms with E-state index < -0.39 is 0 Å². The molecule has 1 saturated carbocycles. The van der Waals surface area contributed by atoms with Gasteiger partial charge in [-0.05, 0) is 31.2 Å². The Balaban J connectivity index is 2.26. The smallest absolute Gasteiger partial charge is 0.0957 e. The Hall–Kier alpha value is -0.820. The predicted octanol–water partition coefficient (Wildman–Crippen LogP) is 3.02. The van der Waals surface area contributed by atoms with Crippen molar-refractivity contribution in [2.75, 3.05) is 7.05 Å². The predicted molar refractivity (Wildman–Crippen MR) is 77.8 cm³/mol. The summed E-state index contributed by atoms with van der Waals surface area (Å²) in [5.74, 6) is 0.786. The van der Waals surface area contributed by atoms with Gasteiger partial charge in [0.2, 0.25) is 0 Å². The lowest BCUT2D eigenvalue weighted by Gasteiger charge is -2.46. The van der Waals surface area contributed by atoms with Crippen LogP contribution in [0.15, 0.2) is 24.3 Å². The van der Waals surface area contributed by atoms with Crippen molar-refractivity contribution in [3.05, 3.63) is 35.4 Å². The van der Waals surface area contributed by atoms with Crippen LogP contribution >= 0.6 is 0 Å². The van der Waals surface area contributed by atoms with E-state index in [1.165, 1.54) is 31.2 Å². The van der Waals surface area contributed by atoms with Crippen LogP contribution in [-0.2, 0) is 5.41 Å². The van der Waals surface area contributed by atoms with E-state index in [4.69, 9.17) is 0 Å². The van der Waals surface area contributed by atoms with E-state index >= 15 is 0 Å². The maximum Gasteiger partial charge on any atom is 0.0957 e. The van der Waals surface area contributed by atoms with Crippen molar-refractivity contribution in [2.24, 2.45) is 5.92 Å². The van der Waals surface area contributed by atoms with Crippen LogP contribution in [0.5, 0.6) is 0 Å². The average molecular weight is 246 g/mol. The van der Waals surface area contributed by atoms with Crippen LogP contribution in [0.4, 0.5) is 0 Å². The van der Waals surface area contributed by atoms with Crippen molar-refractivity contribution >= 4 is 0 Å². The molecule has 1 heteroatoms. The highest BCUT2D eigenvalue weighted by Gasteiger charge is 2.47. The minimum absolute atomic E-state index is 0.451. The van der Waals surface area contributed by atoms with E-state index in [0.717, 1.165) is 12.0 Å². The van der Waals surface area contributed by atoms with Crippen molar-refractivity contribution in [2.45, 2.75) is 57.9 Å². The molecule has 0 saturated heterocycles. The quantitative estimate of drug-likeness (QED) is 0.822. The third kappa shape index (κ3) is 2.47. The SMILES string of the molecule is C[NH2+]C(CC(C)C)C1(c2ccc(C)cc2)CCC1. The van der Waals surface area contributed by atoms with Crippen LogP contribution in [-0.4, -0.2) is 13.1 Å². The van der Waals surface area contributed by atoms with Crippen molar-refractivity contribution in [1.29, 1.82) is 0 Å². The Bertz CT molecular complexity index is 373. The molecule has 1 atom stereocenters. The van der Waals surface area contributed by atoms with Gasteiger partial charge in [-0.15, -0.1) is 0 Å². The van der Waals surface area contributed by atoms with Crippen LogP contribution in [0.1, 0.15) is 50.7 Å². The average Bonchev–Trinajstić information content (AvgIpc) is 2.28. The molecule has 1 aromatic carbocycles. The van der Waals surface area contributed by atoms with Gasteiger partial charge in [-0.2, -0.15) is 0 Å². The van der Waals surface area contributed by atoms with E-state index in [2.05, 4.69) is 57.4 Å². The van der Waals surface area contributed by atoms with E-state index in [-0.39, 0.29) is 0 Å². The highest BCUT2D eigenvalue weighted by Crippen LogP contribution is 2.46. The Morgan fingerprint density at radius 2 is 1.78 bits per heavy atom. The van der Waals surface area contributed by atoms with Crippen LogP contribution in [0.25, 0.3) is 0 Å². The van der Waals surface area contributed by atoms with Gasteiger partial charge in [0.1, 0.15) is 0 Å². The summed E-state index contributed by atoms with van der Waals surface area (Å²) < 4.78 is 0. The number of nitrogens with two attached hydrogens (primary N) is 1. The largest absolute Gasteiger partial charge is 0.346 e. The molecule has 1 aliphatic carbocycles. The first kappa shape index (κ1) is 13.6. The molecular weight excluding hydrogens is 218 g/mol. The molecule has 18 heavy (non-hydrogen) atoms. The van der Waals surface area contributed by atoms with Gasteiger partial charge in [0.25, 0.3) is 0 Å². The number of benzene rings is 1. The number of aryl methyl sites for hydroxylation is 1. The summed E-state index contributed by atoms with van der Waals surface area (Å²) in [6.45, 7) is 6.87. The zero-order valence-electron chi connectivity index (χ0n) is 12.4. The van der Waals surface area contributed by atoms with Gasteiger partial charge >= 0.3 is 0 Å². The van der Waals surface area contributed by atoms with Gasteiger partial charge in [0.15, 0.2) is 0 Å². The second kappa shape index (κ2) is 5.44. The lowest BCUT2D eigenvalue weighted by atomic mass is 9.59. The Labute approximate surface area is 112 Å². The summed E-state index contributed by atoms with van der Waals surface area (Å²) >= 11 is 0. The fraction of sp³-hybridized carbons (Fsp3) is 0.647. The number of likely N-dealkylation sites (N-methyl/N-ethyl adjacent to an activating group) is 1. The molecule has 0 bridgehead atoms. The van der Waals surface area contributed by atoms with Crippen molar-refractivity contribution in [3.8, 4) is 0 Å². The molecule has 0 aromatic heterocycles. The molecular formula is C17H28N+. The minimum atomic E-state index is 0.451. The highest BCUT2D eigenvalue weighted by molar-refractivity contribution is 5.32. The summed E-state index contributed by atoms with van der Waals surface area (Å²) in [6, 6.07) is 10.0.